The first kappa shape index (κ1) is 14.6. The van der Waals surface area contributed by atoms with Crippen LogP contribution in [-0.2, 0) is 11.3 Å². The normalized spacial score (nSPS) is 14.6. The Labute approximate surface area is 122 Å². The molecule has 0 saturated heterocycles. The first-order chi connectivity index (χ1) is 9.20. The van der Waals surface area contributed by atoms with E-state index in [2.05, 4.69) is 21.2 Å². The second-order valence-corrected chi connectivity index (χ2v) is 5.68. The molecular formula is C14H20BrNO3. The Hall–Kier alpha value is -0.780. The average Bonchev–Trinajstić information content (AvgIpc) is 3.21. The van der Waals surface area contributed by atoms with E-state index in [9.17, 15) is 5.11 Å². The van der Waals surface area contributed by atoms with Gasteiger partial charge in [-0.3, -0.25) is 0 Å². The predicted octanol–water partition coefficient (Wildman–Crippen LogP) is 2.68. The summed E-state index contributed by atoms with van der Waals surface area (Å²) < 4.78 is 11.3. The molecule has 0 heterocycles. The molecule has 4 nitrogen and oxygen atoms in total. The number of nitrogens with one attached hydrogen (secondary N) is 1. The lowest BCUT2D eigenvalue weighted by Crippen LogP contribution is -2.19. The minimum absolute atomic E-state index is 0.138. The van der Waals surface area contributed by atoms with Crippen molar-refractivity contribution in [2.45, 2.75) is 19.4 Å². The molecule has 0 spiro atoms. The van der Waals surface area contributed by atoms with Crippen LogP contribution in [0.1, 0.15) is 18.4 Å². The third-order valence-corrected chi connectivity index (χ3v) is 3.72. The zero-order chi connectivity index (χ0) is 13.7. The summed E-state index contributed by atoms with van der Waals surface area (Å²) in [7, 11) is 1.55. The summed E-state index contributed by atoms with van der Waals surface area (Å²) in [5.41, 5.74) is 1.06. The van der Waals surface area contributed by atoms with Crippen molar-refractivity contribution >= 4 is 15.9 Å². The van der Waals surface area contributed by atoms with Gasteiger partial charge in [-0.15, -0.1) is 0 Å². The van der Waals surface area contributed by atoms with Gasteiger partial charge in [0.1, 0.15) is 0 Å². The van der Waals surface area contributed by atoms with Crippen LogP contribution >= 0.6 is 15.9 Å². The third kappa shape index (κ3) is 4.67. The lowest BCUT2D eigenvalue weighted by molar-refractivity contribution is 0.126. The van der Waals surface area contributed by atoms with Crippen LogP contribution in [0.4, 0.5) is 0 Å². The fourth-order valence-corrected chi connectivity index (χ4v) is 2.29. The number of methoxy groups -OCH3 is 1. The molecule has 0 amide bonds. The van der Waals surface area contributed by atoms with Gasteiger partial charge in [0.05, 0.1) is 18.2 Å². The SMILES string of the molecule is COc1cc(CNCCOCC2CC2)cc(Br)c1O. The second kappa shape index (κ2) is 7.12. The van der Waals surface area contributed by atoms with E-state index in [0.29, 0.717) is 10.2 Å². The Bertz CT molecular complexity index is 421. The molecule has 0 atom stereocenters. The second-order valence-electron chi connectivity index (χ2n) is 4.82. The summed E-state index contributed by atoms with van der Waals surface area (Å²) in [6.45, 7) is 3.20. The van der Waals surface area contributed by atoms with Crippen LogP contribution in [-0.4, -0.2) is 32.0 Å². The average molecular weight is 330 g/mol. The fourth-order valence-electron chi connectivity index (χ4n) is 1.80. The summed E-state index contributed by atoms with van der Waals surface area (Å²) >= 11 is 3.31. The summed E-state index contributed by atoms with van der Waals surface area (Å²) in [6.07, 6.45) is 2.66. The number of ether oxygens (including phenoxy) is 2. The molecule has 1 aromatic rings. The summed E-state index contributed by atoms with van der Waals surface area (Å²) in [4.78, 5) is 0. The van der Waals surface area contributed by atoms with Crippen molar-refractivity contribution in [1.82, 2.24) is 5.32 Å². The highest BCUT2D eigenvalue weighted by atomic mass is 79.9. The number of hydrogen-bond acceptors (Lipinski definition) is 4. The van der Waals surface area contributed by atoms with Crippen molar-refractivity contribution in [2.24, 2.45) is 5.92 Å². The van der Waals surface area contributed by atoms with Crippen molar-refractivity contribution in [1.29, 1.82) is 0 Å². The van der Waals surface area contributed by atoms with E-state index in [1.54, 1.807) is 7.11 Å². The first-order valence-corrected chi connectivity index (χ1v) is 7.34. The van der Waals surface area contributed by atoms with Crippen LogP contribution in [0.3, 0.4) is 0 Å². The first-order valence-electron chi connectivity index (χ1n) is 6.54. The molecule has 2 N–H and O–H groups in total. The van der Waals surface area contributed by atoms with Gasteiger partial charge in [-0.25, -0.2) is 0 Å². The van der Waals surface area contributed by atoms with E-state index < -0.39 is 0 Å². The minimum Gasteiger partial charge on any atom is -0.503 e. The monoisotopic (exact) mass is 329 g/mol. The highest BCUT2D eigenvalue weighted by molar-refractivity contribution is 9.10. The van der Waals surface area contributed by atoms with Crippen molar-refractivity contribution in [3.63, 3.8) is 0 Å². The molecule has 1 saturated carbocycles. The number of phenols is 1. The Morgan fingerprint density at radius 1 is 1.42 bits per heavy atom. The van der Waals surface area contributed by atoms with Crippen molar-refractivity contribution in [2.75, 3.05) is 26.9 Å². The molecule has 0 unspecified atom stereocenters. The molecule has 0 radical (unpaired) electrons. The van der Waals surface area contributed by atoms with Crippen LogP contribution < -0.4 is 10.1 Å². The molecule has 1 fully saturated rings. The Balaban J connectivity index is 1.70. The molecule has 1 aromatic carbocycles. The van der Waals surface area contributed by atoms with E-state index in [0.717, 1.165) is 37.8 Å². The number of rotatable bonds is 8. The maximum absolute atomic E-state index is 9.71. The Morgan fingerprint density at radius 3 is 2.89 bits per heavy atom. The van der Waals surface area contributed by atoms with Crippen LogP contribution in [0.5, 0.6) is 11.5 Å². The molecule has 0 aromatic heterocycles. The van der Waals surface area contributed by atoms with E-state index in [4.69, 9.17) is 9.47 Å². The molecule has 106 valence electrons. The largest absolute Gasteiger partial charge is 0.503 e. The maximum atomic E-state index is 9.71. The number of benzene rings is 1. The molecule has 19 heavy (non-hydrogen) atoms. The molecule has 1 aliphatic carbocycles. The smallest absolute Gasteiger partial charge is 0.172 e. The number of hydrogen-bond donors (Lipinski definition) is 2. The molecular weight excluding hydrogens is 310 g/mol. The molecule has 0 bridgehead atoms. The molecule has 2 rings (SSSR count). The standard InChI is InChI=1S/C14H20BrNO3/c1-18-13-7-11(6-12(15)14(13)17)8-16-4-5-19-9-10-2-3-10/h6-7,10,16-17H,2-5,8-9H2,1H3. The minimum atomic E-state index is 0.138. The number of aromatic hydroxyl groups is 1. The lowest BCUT2D eigenvalue weighted by Gasteiger charge is -2.10. The van der Waals surface area contributed by atoms with Gasteiger partial charge in [-0.05, 0) is 52.4 Å². The zero-order valence-electron chi connectivity index (χ0n) is 11.1. The van der Waals surface area contributed by atoms with E-state index in [1.807, 2.05) is 12.1 Å². The lowest BCUT2D eigenvalue weighted by atomic mass is 10.2. The molecule has 5 heteroatoms. The van der Waals surface area contributed by atoms with Crippen molar-refractivity contribution in [3.05, 3.63) is 22.2 Å². The van der Waals surface area contributed by atoms with Gasteiger partial charge in [0.25, 0.3) is 0 Å². The van der Waals surface area contributed by atoms with Crippen LogP contribution in [0.15, 0.2) is 16.6 Å². The number of halogens is 1. The molecule has 0 aliphatic heterocycles. The highest BCUT2D eigenvalue weighted by Crippen LogP contribution is 2.35. The van der Waals surface area contributed by atoms with Gasteiger partial charge in [0, 0.05) is 19.7 Å². The summed E-state index contributed by atoms with van der Waals surface area (Å²) in [6, 6.07) is 3.72. The Morgan fingerprint density at radius 2 is 2.21 bits per heavy atom. The van der Waals surface area contributed by atoms with Gasteiger partial charge in [-0.2, -0.15) is 0 Å². The third-order valence-electron chi connectivity index (χ3n) is 3.11. The van der Waals surface area contributed by atoms with Crippen LogP contribution in [0.25, 0.3) is 0 Å². The maximum Gasteiger partial charge on any atom is 0.172 e. The van der Waals surface area contributed by atoms with E-state index in [1.165, 1.54) is 12.8 Å². The van der Waals surface area contributed by atoms with Gasteiger partial charge >= 0.3 is 0 Å². The van der Waals surface area contributed by atoms with E-state index in [-0.39, 0.29) is 5.75 Å². The van der Waals surface area contributed by atoms with Gasteiger partial charge in [0.2, 0.25) is 0 Å². The van der Waals surface area contributed by atoms with Crippen molar-refractivity contribution < 1.29 is 14.6 Å². The highest BCUT2D eigenvalue weighted by Gasteiger charge is 2.20. The van der Waals surface area contributed by atoms with Crippen LogP contribution in [0, 0.1) is 5.92 Å². The zero-order valence-corrected chi connectivity index (χ0v) is 12.7. The van der Waals surface area contributed by atoms with Gasteiger partial charge < -0.3 is 19.9 Å². The summed E-state index contributed by atoms with van der Waals surface area (Å²) in [5, 5.41) is 13.0. The topological polar surface area (TPSA) is 50.7 Å². The predicted molar refractivity (Wildman–Crippen MR) is 77.6 cm³/mol. The number of phenolic OH excluding ortho intramolecular Hbond substituents is 1. The van der Waals surface area contributed by atoms with Gasteiger partial charge in [-0.1, -0.05) is 0 Å². The van der Waals surface area contributed by atoms with Crippen molar-refractivity contribution in [3.8, 4) is 11.5 Å². The van der Waals surface area contributed by atoms with Crippen LogP contribution in [0.2, 0.25) is 0 Å². The van der Waals surface area contributed by atoms with Gasteiger partial charge in [0.15, 0.2) is 11.5 Å². The summed E-state index contributed by atoms with van der Waals surface area (Å²) in [5.74, 6) is 1.44. The van der Waals surface area contributed by atoms with E-state index >= 15 is 0 Å². The quantitative estimate of drug-likeness (QED) is 0.720. The molecule has 1 aliphatic rings. The Kier molecular flexibility index (Phi) is 5.48. The fraction of sp³-hybridized carbons (Fsp3) is 0.571.